The molecule has 0 unspecified atom stereocenters. The quantitative estimate of drug-likeness (QED) is 0.112. The number of methoxy groups -OCH3 is 2. The highest BCUT2D eigenvalue weighted by Crippen LogP contribution is 2.37. The van der Waals surface area contributed by atoms with Crippen LogP contribution in [-0.2, 0) is 9.53 Å². The number of amides is 2. The Morgan fingerprint density at radius 1 is 1.17 bits per heavy atom. The summed E-state index contributed by atoms with van der Waals surface area (Å²) in [5, 5.41) is 19.8. The number of allylic oxidation sites excluding steroid dienone is 1. The Morgan fingerprint density at radius 2 is 1.93 bits per heavy atom. The van der Waals surface area contributed by atoms with Crippen LogP contribution in [0.5, 0.6) is 23.0 Å². The fraction of sp³-hybridized carbons (Fsp3) is 0.393. The number of halogens is 1. The number of carbonyl (C=O) groups excluding carboxylic acids is 2. The molecule has 41 heavy (non-hydrogen) atoms. The molecule has 2 aromatic rings. The van der Waals surface area contributed by atoms with Gasteiger partial charge >= 0.3 is 12.0 Å². The zero-order valence-electron chi connectivity index (χ0n) is 23.7. The van der Waals surface area contributed by atoms with E-state index in [1.165, 1.54) is 13.3 Å². The molecule has 1 aliphatic rings. The van der Waals surface area contributed by atoms with Crippen molar-refractivity contribution in [3.8, 4) is 23.0 Å². The first-order valence-electron chi connectivity index (χ1n) is 12.8. The molecule has 0 spiro atoms. The maximum atomic E-state index is 12.4. The van der Waals surface area contributed by atoms with E-state index in [1.54, 1.807) is 38.3 Å². The molecule has 0 saturated carbocycles. The number of carbonyl (C=O) groups is 2. The lowest BCUT2D eigenvalue weighted by molar-refractivity contribution is -0.136. The summed E-state index contributed by atoms with van der Waals surface area (Å²) in [6.45, 7) is 7.47. The van der Waals surface area contributed by atoms with Crippen LogP contribution in [0, 0.1) is 0 Å². The predicted molar refractivity (Wildman–Crippen MR) is 155 cm³/mol. The van der Waals surface area contributed by atoms with Crippen LogP contribution in [0.25, 0.3) is 0 Å². The smallest absolute Gasteiger partial charge is 0.337 e. The topological polar surface area (TPSA) is 149 Å². The molecule has 0 aliphatic carbocycles. The van der Waals surface area contributed by atoms with Crippen LogP contribution in [-0.4, -0.2) is 63.1 Å². The number of hydrogen-bond donors (Lipinski definition) is 4. The van der Waals surface area contributed by atoms with Gasteiger partial charge in [0.05, 0.1) is 49.2 Å². The number of esters is 1. The molecule has 0 radical (unpaired) electrons. The van der Waals surface area contributed by atoms with Crippen LogP contribution in [0.2, 0.25) is 0 Å². The van der Waals surface area contributed by atoms with Crippen LogP contribution < -0.4 is 35.0 Å². The van der Waals surface area contributed by atoms with Crippen molar-refractivity contribution in [2.45, 2.75) is 46.1 Å². The summed E-state index contributed by atoms with van der Waals surface area (Å²) in [6.07, 6.45) is 0.354. The van der Waals surface area contributed by atoms with Gasteiger partial charge in [0.2, 0.25) is 0 Å². The Hall–Kier alpha value is -3.97. The highest BCUT2D eigenvalue weighted by atomic mass is 79.9. The van der Waals surface area contributed by atoms with Crippen LogP contribution in [0.3, 0.4) is 0 Å². The molecule has 4 N–H and O–H groups in total. The van der Waals surface area contributed by atoms with E-state index in [9.17, 15) is 14.7 Å². The van der Waals surface area contributed by atoms with E-state index in [0.29, 0.717) is 50.9 Å². The number of nitrogens with zero attached hydrogens (tertiary/aromatic N) is 1. The fourth-order valence-electron chi connectivity index (χ4n) is 3.98. The molecule has 0 bridgehead atoms. The Balaban J connectivity index is 1.69. The molecule has 0 aromatic heterocycles. The Labute approximate surface area is 247 Å². The van der Waals surface area contributed by atoms with Gasteiger partial charge in [-0.25, -0.2) is 9.59 Å². The minimum atomic E-state index is -1.14. The maximum Gasteiger partial charge on any atom is 0.337 e. The molecular formula is C28H35BrN4O8. The Bertz CT molecular complexity index is 1310. The number of urea groups is 1. The molecule has 2 aromatic carbocycles. The Morgan fingerprint density at radius 3 is 2.59 bits per heavy atom. The van der Waals surface area contributed by atoms with Crippen molar-refractivity contribution in [1.82, 2.24) is 16.1 Å². The van der Waals surface area contributed by atoms with Gasteiger partial charge in [-0.2, -0.15) is 5.10 Å². The SMILES string of the molecule is CCOc1cc([C@@H]2NC(=O)NC(C)=C2C(=O)OC)ccc1OC[C@H](O)N/N=C/c1cc(Br)c(OC(C)C)c(OC)c1. The van der Waals surface area contributed by atoms with E-state index in [1.807, 2.05) is 26.8 Å². The molecule has 13 heteroatoms. The van der Waals surface area contributed by atoms with Crippen molar-refractivity contribution >= 4 is 34.1 Å². The first-order valence-corrected chi connectivity index (χ1v) is 13.6. The van der Waals surface area contributed by atoms with Gasteiger partial charge in [-0.15, -0.1) is 0 Å². The lowest BCUT2D eigenvalue weighted by atomic mass is 9.95. The number of hydrazone groups is 1. The van der Waals surface area contributed by atoms with Crippen molar-refractivity contribution in [3.63, 3.8) is 0 Å². The molecular weight excluding hydrogens is 600 g/mol. The molecule has 0 saturated heterocycles. The number of ether oxygens (including phenoxy) is 5. The lowest BCUT2D eigenvalue weighted by Gasteiger charge is -2.28. The second kappa shape index (κ2) is 14.6. The maximum absolute atomic E-state index is 12.4. The first kappa shape index (κ1) is 31.6. The summed E-state index contributed by atoms with van der Waals surface area (Å²) in [4.78, 5) is 24.5. The lowest BCUT2D eigenvalue weighted by Crippen LogP contribution is -2.45. The van der Waals surface area contributed by atoms with Crippen molar-refractivity contribution in [2.24, 2.45) is 5.10 Å². The fourth-order valence-corrected chi connectivity index (χ4v) is 4.54. The predicted octanol–water partition coefficient (Wildman–Crippen LogP) is 3.77. The first-order chi connectivity index (χ1) is 19.6. The summed E-state index contributed by atoms with van der Waals surface area (Å²) >= 11 is 3.49. The summed E-state index contributed by atoms with van der Waals surface area (Å²) in [6, 6.07) is 7.38. The van der Waals surface area contributed by atoms with Crippen LogP contribution >= 0.6 is 15.9 Å². The zero-order chi connectivity index (χ0) is 30.1. The van der Waals surface area contributed by atoms with Gasteiger partial charge in [0, 0.05) is 5.70 Å². The van der Waals surface area contributed by atoms with E-state index >= 15 is 0 Å². The third kappa shape index (κ3) is 8.27. The average molecular weight is 636 g/mol. The number of nitrogens with one attached hydrogen (secondary N) is 3. The van der Waals surface area contributed by atoms with Crippen molar-refractivity contribution in [3.05, 3.63) is 57.2 Å². The van der Waals surface area contributed by atoms with E-state index in [4.69, 9.17) is 23.7 Å². The van der Waals surface area contributed by atoms with Gasteiger partial charge < -0.3 is 39.4 Å². The largest absolute Gasteiger partial charge is 0.493 e. The van der Waals surface area contributed by atoms with Gasteiger partial charge in [0.15, 0.2) is 29.2 Å². The number of rotatable bonds is 13. The van der Waals surface area contributed by atoms with Gasteiger partial charge in [-0.1, -0.05) is 6.07 Å². The molecule has 222 valence electrons. The minimum absolute atomic E-state index is 0.0280. The number of aliphatic hydroxyl groups excluding tert-OH is 1. The van der Waals surface area contributed by atoms with E-state index < -0.39 is 24.3 Å². The molecule has 3 rings (SSSR count). The molecule has 1 heterocycles. The number of benzene rings is 2. The van der Waals surface area contributed by atoms with E-state index in [0.717, 1.165) is 0 Å². The standard InChI is InChI=1S/C28H35BrN4O8/c1-7-39-21-12-18(25-24(27(35)38-6)16(4)31-28(36)32-25)8-9-20(21)40-14-23(34)33-30-13-17-10-19(29)26(41-15(2)3)22(11-17)37-5/h8-13,15,23,25,33-34H,7,14H2,1-6H3,(H2,31,32,36)/b30-13+/t23-,25-/m0/s1. The van der Waals surface area contributed by atoms with E-state index in [2.05, 4.69) is 37.1 Å². The molecule has 0 fully saturated rings. The highest BCUT2D eigenvalue weighted by molar-refractivity contribution is 9.10. The average Bonchev–Trinajstić information content (AvgIpc) is 2.92. The van der Waals surface area contributed by atoms with Crippen molar-refractivity contribution in [1.29, 1.82) is 0 Å². The van der Waals surface area contributed by atoms with Gasteiger partial charge in [0.1, 0.15) is 6.61 Å². The van der Waals surface area contributed by atoms with Gasteiger partial charge in [-0.3, -0.25) is 5.43 Å². The third-order valence-corrected chi connectivity index (χ3v) is 6.30. The van der Waals surface area contributed by atoms with Crippen LogP contribution in [0.15, 0.2) is 51.2 Å². The zero-order valence-corrected chi connectivity index (χ0v) is 25.3. The van der Waals surface area contributed by atoms with Gasteiger partial charge in [0.25, 0.3) is 0 Å². The molecule has 2 atom stereocenters. The second-order valence-corrected chi connectivity index (χ2v) is 9.97. The Kier molecular flexibility index (Phi) is 11.2. The summed E-state index contributed by atoms with van der Waals surface area (Å²) in [5.41, 5.74) is 4.57. The summed E-state index contributed by atoms with van der Waals surface area (Å²) < 4.78 is 28.4. The normalized spacial score (nSPS) is 15.7. The second-order valence-electron chi connectivity index (χ2n) is 9.12. The summed E-state index contributed by atoms with van der Waals surface area (Å²) in [7, 11) is 2.83. The monoisotopic (exact) mass is 634 g/mol. The van der Waals surface area contributed by atoms with Gasteiger partial charge in [-0.05, 0) is 79.0 Å². The highest BCUT2D eigenvalue weighted by Gasteiger charge is 2.32. The minimum Gasteiger partial charge on any atom is -0.493 e. The van der Waals surface area contributed by atoms with Crippen molar-refractivity contribution in [2.75, 3.05) is 27.4 Å². The summed E-state index contributed by atoms with van der Waals surface area (Å²) in [5.74, 6) is 1.29. The number of hydrogen-bond acceptors (Lipinski definition) is 10. The van der Waals surface area contributed by atoms with E-state index in [-0.39, 0.29) is 18.3 Å². The molecule has 1 aliphatic heterocycles. The molecule has 12 nitrogen and oxygen atoms in total. The third-order valence-electron chi connectivity index (χ3n) is 5.71. The molecule has 2 amide bonds. The van der Waals surface area contributed by atoms with Crippen molar-refractivity contribution < 1.29 is 38.4 Å². The van der Waals surface area contributed by atoms with Crippen LogP contribution in [0.1, 0.15) is 44.9 Å². The number of aliphatic hydroxyl groups is 1. The van der Waals surface area contributed by atoms with Crippen LogP contribution in [0.4, 0.5) is 4.79 Å².